The predicted molar refractivity (Wildman–Crippen MR) is 106 cm³/mol. The fourth-order valence-electron chi connectivity index (χ4n) is 3.10. The van der Waals surface area contributed by atoms with E-state index in [1.807, 2.05) is 32.9 Å². The average Bonchev–Trinajstić information content (AvgIpc) is 2.98. The van der Waals surface area contributed by atoms with E-state index in [1.54, 1.807) is 6.08 Å². The van der Waals surface area contributed by atoms with Gasteiger partial charge in [0.05, 0.1) is 0 Å². The minimum atomic E-state index is -0.343. The molecule has 1 N–H and O–H groups in total. The molecule has 3 amide bonds. The second-order valence-electron chi connectivity index (χ2n) is 6.09. The Kier molecular flexibility index (Phi) is 4.99. The van der Waals surface area contributed by atoms with Crippen LogP contribution < -0.4 is 5.32 Å². The second-order valence-corrected chi connectivity index (χ2v) is 7.33. The minimum Gasteiger partial charge on any atom is -0.318 e. The standard InChI is InChI=1S/C19H20IN3O2/c1-4-8-22-18(24)17(21-19(22)25)10-14-9-12(2)23(13(14)3)16-7-5-6-15(20)11-16/h5-7,9-11H,4,8H2,1-3H3,(H,21,25)/b17-10+. The van der Waals surface area contributed by atoms with Gasteiger partial charge in [0, 0.05) is 27.2 Å². The summed E-state index contributed by atoms with van der Waals surface area (Å²) in [6.45, 7) is 6.43. The van der Waals surface area contributed by atoms with Crippen molar-refractivity contribution in [1.29, 1.82) is 0 Å². The first-order chi connectivity index (χ1) is 11.9. The van der Waals surface area contributed by atoms with E-state index in [0.717, 1.165) is 32.6 Å². The third-order valence-electron chi connectivity index (χ3n) is 4.25. The number of nitrogens with one attached hydrogen (secondary N) is 1. The zero-order valence-electron chi connectivity index (χ0n) is 14.5. The lowest BCUT2D eigenvalue weighted by Gasteiger charge is -2.10. The lowest BCUT2D eigenvalue weighted by atomic mass is 10.2. The zero-order chi connectivity index (χ0) is 18.1. The molecule has 25 heavy (non-hydrogen) atoms. The number of rotatable bonds is 4. The number of aromatic nitrogens is 1. The summed E-state index contributed by atoms with van der Waals surface area (Å²) < 4.78 is 3.32. The first kappa shape index (κ1) is 17.7. The van der Waals surface area contributed by atoms with Crippen LogP contribution in [-0.4, -0.2) is 28.0 Å². The highest BCUT2D eigenvalue weighted by molar-refractivity contribution is 14.1. The van der Waals surface area contributed by atoms with Gasteiger partial charge in [-0.15, -0.1) is 0 Å². The molecular formula is C19H20IN3O2. The molecule has 1 saturated heterocycles. The molecule has 2 heterocycles. The van der Waals surface area contributed by atoms with Crippen molar-refractivity contribution in [2.45, 2.75) is 27.2 Å². The largest absolute Gasteiger partial charge is 0.329 e. The molecule has 0 atom stereocenters. The lowest BCUT2D eigenvalue weighted by Crippen LogP contribution is -2.31. The number of carbonyl (C=O) groups is 2. The minimum absolute atomic E-state index is 0.258. The third-order valence-corrected chi connectivity index (χ3v) is 4.92. The molecule has 0 unspecified atom stereocenters. The number of carbonyl (C=O) groups excluding carboxylic acids is 2. The molecule has 5 nitrogen and oxygen atoms in total. The van der Waals surface area contributed by atoms with Crippen LogP contribution in [0.25, 0.3) is 11.8 Å². The molecule has 0 spiro atoms. The summed E-state index contributed by atoms with van der Waals surface area (Å²) in [5, 5.41) is 2.68. The van der Waals surface area contributed by atoms with Crippen molar-refractivity contribution in [2.24, 2.45) is 0 Å². The molecule has 0 bridgehead atoms. The summed E-state index contributed by atoms with van der Waals surface area (Å²) in [5.41, 5.74) is 4.46. The van der Waals surface area contributed by atoms with Crippen LogP contribution in [0, 0.1) is 17.4 Å². The van der Waals surface area contributed by atoms with E-state index in [0.29, 0.717) is 12.2 Å². The predicted octanol–water partition coefficient (Wildman–Crippen LogP) is 4.00. The van der Waals surface area contributed by atoms with E-state index in [2.05, 4.69) is 50.7 Å². The van der Waals surface area contributed by atoms with Crippen LogP contribution in [0.2, 0.25) is 0 Å². The molecule has 0 radical (unpaired) electrons. The van der Waals surface area contributed by atoms with Gasteiger partial charge < -0.3 is 9.88 Å². The van der Waals surface area contributed by atoms with Crippen LogP contribution in [0.1, 0.15) is 30.3 Å². The van der Waals surface area contributed by atoms with Crippen LogP contribution in [0.5, 0.6) is 0 Å². The van der Waals surface area contributed by atoms with Crippen LogP contribution >= 0.6 is 22.6 Å². The van der Waals surface area contributed by atoms with E-state index in [9.17, 15) is 9.59 Å². The smallest absolute Gasteiger partial charge is 0.318 e. The zero-order valence-corrected chi connectivity index (χ0v) is 16.6. The molecule has 130 valence electrons. The number of hydrogen-bond acceptors (Lipinski definition) is 2. The monoisotopic (exact) mass is 449 g/mol. The quantitative estimate of drug-likeness (QED) is 0.436. The number of hydrogen-bond donors (Lipinski definition) is 1. The molecule has 6 heteroatoms. The van der Waals surface area contributed by atoms with Gasteiger partial charge in [0.1, 0.15) is 5.70 Å². The molecule has 0 aliphatic carbocycles. The molecule has 1 aliphatic rings. The van der Waals surface area contributed by atoms with Crippen LogP contribution in [-0.2, 0) is 4.79 Å². The van der Waals surface area contributed by atoms with Gasteiger partial charge in [0.2, 0.25) is 0 Å². The molecular weight excluding hydrogens is 429 g/mol. The Bertz CT molecular complexity index is 883. The Balaban J connectivity index is 1.99. The Morgan fingerprint density at radius 1 is 1.20 bits per heavy atom. The maximum absolute atomic E-state index is 12.4. The fraction of sp³-hybridized carbons (Fsp3) is 0.263. The topological polar surface area (TPSA) is 54.3 Å². The van der Waals surface area contributed by atoms with Crippen molar-refractivity contribution < 1.29 is 9.59 Å². The van der Waals surface area contributed by atoms with Crippen molar-refractivity contribution >= 4 is 40.6 Å². The first-order valence-corrected chi connectivity index (χ1v) is 9.29. The maximum atomic E-state index is 12.4. The number of urea groups is 1. The van der Waals surface area contributed by atoms with E-state index in [1.165, 1.54) is 4.90 Å². The van der Waals surface area contributed by atoms with Gasteiger partial charge >= 0.3 is 6.03 Å². The SMILES string of the molecule is CCCN1C(=O)N/C(=C/c2cc(C)n(-c3cccc(I)c3)c2C)C1=O. The first-order valence-electron chi connectivity index (χ1n) is 8.21. The van der Waals surface area contributed by atoms with Gasteiger partial charge in [-0.25, -0.2) is 4.79 Å². The van der Waals surface area contributed by atoms with Crippen molar-refractivity contribution in [1.82, 2.24) is 14.8 Å². The lowest BCUT2D eigenvalue weighted by molar-refractivity contribution is -0.122. The van der Waals surface area contributed by atoms with E-state index < -0.39 is 0 Å². The van der Waals surface area contributed by atoms with E-state index in [-0.39, 0.29) is 11.9 Å². The summed E-state index contributed by atoms with van der Waals surface area (Å²) in [6.07, 6.45) is 2.51. The van der Waals surface area contributed by atoms with Crippen LogP contribution in [0.15, 0.2) is 36.0 Å². The summed E-state index contributed by atoms with van der Waals surface area (Å²) in [5.74, 6) is -0.258. The number of nitrogens with zero attached hydrogens (tertiary/aromatic N) is 2. The summed E-state index contributed by atoms with van der Waals surface area (Å²) >= 11 is 2.29. The van der Waals surface area contributed by atoms with Gasteiger partial charge in [-0.3, -0.25) is 9.69 Å². The normalized spacial score (nSPS) is 16.0. The van der Waals surface area contributed by atoms with Crippen molar-refractivity contribution in [2.75, 3.05) is 6.54 Å². The van der Waals surface area contributed by atoms with Crippen LogP contribution in [0.4, 0.5) is 4.79 Å². The van der Waals surface area contributed by atoms with Crippen molar-refractivity contribution in [3.05, 3.63) is 56.6 Å². The number of benzene rings is 1. The Morgan fingerprint density at radius 3 is 2.64 bits per heavy atom. The highest BCUT2D eigenvalue weighted by Crippen LogP contribution is 2.24. The fourth-order valence-corrected chi connectivity index (χ4v) is 3.63. The molecule has 1 aromatic carbocycles. The van der Waals surface area contributed by atoms with Crippen LogP contribution in [0.3, 0.4) is 0 Å². The molecule has 3 rings (SSSR count). The number of imide groups is 1. The van der Waals surface area contributed by atoms with Crippen molar-refractivity contribution in [3.8, 4) is 5.69 Å². The van der Waals surface area contributed by atoms with Gasteiger partial charge in [-0.05, 0) is 78.8 Å². The Morgan fingerprint density at radius 2 is 1.96 bits per heavy atom. The average molecular weight is 449 g/mol. The summed E-state index contributed by atoms with van der Waals surface area (Å²) in [4.78, 5) is 25.6. The van der Waals surface area contributed by atoms with Gasteiger partial charge in [-0.1, -0.05) is 13.0 Å². The molecule has 1 fully saturated rings. The van der Waals surface area contributed by atoms with Crippen molar-refractivity contribution in [3.63, 3.8) is 0 Å². The summed E-state index contributed by atoms with van der Waals surface area (Å²) in [6, 6.07) is 9.94. The molecule has 1 aliphatic heterocycles. The van der Waals surface area contributed by atoms with Gasteiger partial charge in [0.25, 0.3) is 5.91 Å². The molecule has 1 aromatic heterocycles. The Hall–Kier alpha value is -2.09. The van der Waals surface area contributed by atoms with Gasteiger partial charge in [0.15, 0.2) is 0 Å². The number of aryl methyl sites for hydroxylation is 1. The maximum Gasteiger partial charge on any atom is 0.329 e. The Labute approximate surface area is 160 Å². The number of halogens is 1. The molecule has 2 aromatic rings. The summed E-state index contributed by atoms with van der Waals surface area (Å²) in [7, 11) is 0. The molecule has 0 saturated carbocycles. The second kappa shape index (κ2) is 7.03. The third kappa shape index (κ3) is 3.35. The highest BCUT2D eigenvalue weighted by Gasteiger charge is 2.32. The van der Waals surface area contributed by atoms with E-state index in [4.69, 9.17) is 0 Å². The number of amides is 3. The highest BCUT2D eigenvalue weighted by atomic mass is 127. The van der Waals surface area contributed by atoms with E-state index >= 15 is 0 Å². The van der Waals surface area contributed by atoms with Gasteiger partial charge in [-0.2, -0.15) is 0 Å².